The smallest absolute Gasteiger partial charge is 0.338 e. The standard InChI is InChI=1S/C21H27NO6/c1-7-8-22-13(2)9-16(14(22)3)17(23)12-28-21(24)15-10-18(25-4)20(27-6)19(11-15)26-5/h9-11H,7-8,12H2,1-6H3. The van der Waals surface area contributed by atoms with Crippen LogP contribution in [0.3, 0.4) is 0 Å². The summed E-state index contributed by atoms with van der Waals surface area (Å²) in [5.41, 5.74) is 2.68. The van der Waals surface area contributed by atoms with Crippen LogP contribution < -0.4 is 14.2 Å². The van der Waals surface area contributed by atoms with E-state index in [9.17, 15) is 9.59 Å². The molecule has 0 aliphatic carbocycles. The fourth-order valence-electron chi connectivity index (χ4n) is 3.14. The molecule has 2 aromatic rings. The van der Waals surface area contributed by atoms with Crippen molar-refractivity contribution < 1.29 is 28.5 Å². The third-order valence-corrected chi connectivity index (χ3v) is 4.56. The number of nitrogens with zero attached hydrogens (tertiary/aromatic N) is 1. The minimum atomic E-state index is -0.644. The van der Waals surface area contributed by atoms with Crippen molar-refractivity contribution in [2.75, 3.05) is 27.9 Å². The minimum absolute atomic E-state index is 0.207. The van der Waals surface area contributed by atoms with Gasteiger partial charge in [-0.1, -0.05) is 6.92 Å². The van der Waals surface area contributed by atoms with E-state index in [1.807, 2.05) is 19.9 Å². The van der Waals surface area contributed by atoms with Gasteiger partial charge in [0.25, 0.3) is 0 Å². The second-order valence-electron chi connectivity index (χ2n) is 6.35. The number of aryl methyl sites for hydroxylation is 1. The third kappa shape index (κ3) is 4.30. The van der Waals surface area contributed by atoms with Crippen LogP contribution in [0.4, 0.5) is 0 Å². The predicted molar refractivity (Wildman–Crippen MR) is 105 cm³/mol. The first-order chi connectivity index (χ1) is 13.4. The molecule has 1 heterocycles. The molecule has 2 rings (SSSR count). The average Bonchev–Trinajstić information content (AvgIpc) is 2.99. The van der Waals surface area contributed by atoms with E-state index in [0.717, 1.165) is 24.4 Å². The molecular weight excluding hydrogens is 362 g/mol. The molecule has 0 bridgehead atoms. The summed E-state index contributed by atoms with van der Waals surface area (Å²) >= 11 is 0. The van der Waals surface area contributed by atoms with Gasteiger partial charge in [-0.15, -0.1) is 0 Å². The summed E-state index contributed by atoms with van der Waals surface area (Å²) < 4.78 is 23.0. The number of aromatic nitrogens is 1. The zero-order valence-corrected chi connectivity index (χ0v) is 17.3. The van der Waals surface area contributed by atoms with Crippen molar-refractivity contribution >= 4 is 11.8 Å². The number of hydrogen-bond donors (Lipinski definition) is 0. The van der Waals surface area contributed by atoms with Crippen molar-refractivity contribution in [3.05, 3.63) is 40.7 Å². The molecule has 0 atom stereocenters. The van der Waals surface area contributed by atoms with E-state index in [1.165, 1.54) is 33.5 Å². The van der Waals surface area contributed by atoms with Gasteiger partial charge in [-0.25, -0.2) is 4.79 Å². The molecule has 0 saturated heterocycles. The maximum atomic E-state index is 12.6. The zero-order chi connectivity index (χ0) is 20.8. The van der Waals surface area contributed by atoms with Crippen LogP contribution in [0.1, 0.15) is 45.4 Å². The fourth-order valence-corrected chi connectivity index (χ4v) is 3.14. The second-order valence-corrected chi connectivity index (χ2v) is 6.35. The number of carbonyl (C=O) groups excluding carboxylic acids is 2. The molecule has 28 heavy (non-hydrogen) atoms. The van der Waals surface area contributed by atoms with Crippen LogP contribution in [0, 0.1) is 13.8 Å². The van der Waals surface area contributed by atoms with Gasteiger partial charge in [0.2, 0.25) is 11.5 Å². The Kier molecular flexibility index (Phi) is 7.09. The van der Waals surface area contributed by atoms with E-state index in [4.69, 9.17) is 18.9 Å². The highest BCUT2D eigenvalue weighted by Gasteiger charge is 2.20. The van der Waals surface area contributed by atoms with Crippen molar-refractivity contribution in [1.82, 2.24) is 4.57 Å². The first kappa shape index (κ1) is 21.3. The van der Waals surface area contributed by atoms with Crippen LogP contribution in [0.25, 0.3) is 0 Å². The molecule has 0 unspecified atom stereocenters. The lowest BCUT2D eigenvalue weighted by Crippen LogP contribution is -2.15. The Morgan fingerprint density at radius 3 is 2.07 bits per heavy atom. The molecule has 0 fully saturated rings. The summed E-state index contributed by atoms with van der Waals surface area (Å²) in [5, 5.41) is 0. The molecule has 0 aliphatic rings. The van der Waals surface area contributed by atoms with Crippen molar-refractivity contribution in [1.29, 1.82) is 0 Å². The molecule has 7 heteroatoms. The minimum Gasteiger partial charge on any atom is -0.493 e. The third-order valence-electron chi connectivity index (χ3n) is 4.56. The van der Waals surface area contributed by atoms with Crippen LogP contribution in [-0.4, -0.2) is 44.3 Å². The Morgan fingerprint density at radius 2 is 1.57 bits per heavy atom. The first-order valence-corrected chi connectivity index (χ1v) is 9.04. The lowest BCUT2D eigenvalue weighted by Gasteiger charge is -2.13. The molecule has 1 aromatic carbocycles. The van der Waals surface area contributed by atoms with Crippen LogP contribution in [0.15, 0.2) is 18.2 Å². The fraction of sp³-hybridized carbons (Fsp3) is 0.429. The van der Waals surface area contributed by atoms with E-state index >= 15 is 0 Å². The summed E-state index contributed by atoms with van der Waals surface area (Å²) in [6.45, 7) is 6.44. The van der Waals surface area contributed by atoms with Gasteiger partial charge < -0.3 is 23.5 Å². The Hall–Kier alpha value is -2.96. The lowest BCUT2D eigenvalue weighted by molar-refractivity contribution is 0.0474. The summed E-state index contributed by atoms with van der Waals surface area (Å²) in [5.74, 6) is 0.165. The average molecular weight is 389 g/mol. The molecule has 152 valence electrons. The van der Waals surface area contributed by atoms with Gasteiger partial charge in [0.15, 0.2) is 18.1 Å². The molecule has 0 amide bonds. The highest BCUT2D eigenvalue weighted by Crippen LogP contribution is 2.38. The number of carbonyl (C=O) groups is 2. The lowest BCUT2D eigenvalue weighted by atomic mass is 10.1. The largest absolute Gasteiger partial charge is 0.493 e. The van der Waals surface area contributed by atoms with E-state index in [2.05, 4.69) is 11.5 Å². The van der Waals surface area contributed by atoms with E-state index in [-0.39, 0.29) is 18.0 Å². The predicted octanol–water partition coefficient (Wildman–Crippen LogP) is 3.58. The second kappa shape index (κ2) is 9.30. The normalized spacial score (nSPS) is 10.5. The Labute approximate surface area is 165 Å². The van der Waals surface area contributed by atoms with Crippen LogP contribution >= 0.6 is 0 Å². The van der Waals surface area contributed by atoms with Gasteiger partial charge in [-0.2, -0.15) is 0 Å². The van der Waals surface area contributed by atoms with Crippen LogP contribution in [0.5, 0.6) is 17.2 Å². The Morgan fingerprint density at radius 1 is 0.964 bits per heavy atom. The monoisotopic (exact) mass is 389 g/mol. The van der Waals surface area contributed by atoms with Gasteiger partial charge in [0.05, 0.1) is 26.9 Å². The number of methoxy groups -OCH3 is 3. The van der Waals surface area contributed by atoms with E-state index < -0.39 is 5.97 Å². The number of hydrogen-bond acceptors (Lipinski definition) is 6. The van der Waals surface area contributed by atoms with Crippen LogP contribution in [-0.2, 0) is 11.3 Å². The van der Waals surface area contributed by atoms with Crippen molar-refractivity contribution in [2.45, 2.75) is 33.7 Å². The summed E-state index contributed by atoms with van der Waals surface area (Å²) in [7, 11) is 4.40. The molecule has 0 N–H and O–H groups in total. The number of benzene rings is 1. The van der Waals surface area contributed by atoms with Gasteiger partial charge in [-0.3, -0.25) is 4.79 Å². The highest BCUT2D eigenvalue weighted by atomic mass is 16.5. The number of esters is 1. The summed E-state index contributed by atoms with van der Waals surface area (Å²) in [6.07, 6.45) is 0.972. The molecule has 0 spiro atoms. The molecule has 0 aliphatic heterocycles. The van der Waals surface area contributed by atoms with Gasteiger partial charge in [-0.05, 0) is 38.5 Å². The quantitative estimate of drug-likeness (QED) is 0.482. The first-order valence-electron chi connectivity index (χ1n) is 9.04. The van der Waals surface area contributed by atoms with Gasteiger partial charge in [0.1, 0.15) is 0 Å². The number of Topliss-reactive ketones (excluding diaryl/α,β-unsaturated/α-hetero) is 1. The molecule has 0 saturated carbocycles. The van der Waals surface area contributed by atoms with Gasteiger partial charge >= 0.3 is 5.97 Å². The van der Waals surface area contributed by atoms with Crippen molar-refractivity contribution in [2.24, 2.45) is 0 Å². The van der Waals surface area contributed by atoms with E-state index in [1.54, 1.807) is 0 Å². The zero-order valence-electron chi connectivity index (χ0n) is 17.3. The van der Waals surface area contributed by atoms with Crippen molar-refractivity contribution in [3.8, 4) is 17.2 Å². The number of ether oxygens (including phenoxy) is 4. The Bertz CT molecular complexity index is 843. The van der Waals surface area contributed by atoms with Gasteiger partial charge in [0, 0.05) is 23.5 Å². The SMILES string of the molecule is CCCn1c(C)cc(C(=O)COC(=O)c2cc(OC)c(OC)c(OC)c2)c1C. The number of ketones is 1. The van der Waals surface area contributed by atoms with Crippen LogP contribution in [0.2, 0.25) is 0 Å². The van der Waals surface area contributed by atoms with Crippen molar-refractivity contribution in [3.63, 3.8) is 0 Å². The molecule has 1 aromatic heterocycles. The summed E-state index contributed by atoms with van der Waals surface area (Å²) in [4.78, 5) is 25.0. The summed E-state index contributed by atoms with van der Waals surface area (Å²) in [6, 6.07) is 4.81. The maximum Gasteiger partial charge on any atom is 0.338 e. The Balaban J connectivity index is 2.16. The number of rotatable bonds is 9. The van der Waals surface area contributed by atoms with E-state index in [0.29, 0.717) is 22.8 Å². The molecule has 7 nitrogen and oxygen atoms in total. The molecular formula is C21H27NO6. The highest BCUT2D eigenvalue weighted by molar-refractivity contribution is 6.00. The maximum absolute atomic E-state index is 12.6. The molecule has 0 radical (unpaired) electrons. The topological polar surface area (TPSA) is 76.0 Å².